The SMILES string of the molecule is CCC.CCCC(=O)CCCOc1ccc(S(=O)(=O)C2(C(N)=O)CCOCC2)cc1. The molecule has 1 amide bonds. The number of amides is 1. The molecule has 1 aliphatic heterocycles. The maximum Gasteiger partial charge on any atom is 0.239 e. The molecule has 0 radical (unpaired) electrons. The first-order chi connectivity index (χ1) is 14.2. The maximum atomic E-state index is 13.0. The van der Waals surface area contributed by atoms with Crippen molar-refractivity contribution in [3.8, 4) is 5.75 Å². The van der Waals surface area contributed by atoms with E-state index in [4.69, 9.17) is 15.2 Å². The summed E-state index contributed by atoms with van der Waals surface area (Å²) in [6, 6.07) is 5.95. The van der Waals surface area contributed by atoms with E-state index >= 15 is 0 Å². The predicted octanol–water partition coefficient (Wildman–Crippen LogP) is 3.44. The maximum absolute atomic E-state index is 13.0. The second kappa shape index (κ2) is 12.7. The van der Waals surface area contributed by atoms with Gasteiger partial charge < -0.3 is 15.2 Å². The number of carbonyl (C=O) groups excluding carboxylic acids is 2. The van der Waals surface area contributed by atoms with Gasteiger partial charge in [-0.1, -0.05) is 27.2 Å². The van der Waals surface area contributed by atoms with Crippen LogP contribution in [0.3, 0.4) is 0 Å². The summed E-state index contributed by atoms with van der Waals surface area (Å²) in [6.45, 7) is 6.96. The minimum absolute atomic E-state index is 0.0358. The molecule has 2 N–H and O–H groups in total. The lowest BCUT2D eigenvalue weighted by atomic mass is 9.98. The average molecular weight is 442 g/mol. The highest BCUT2D eigenvalue weighted by Crippen LogP contribution is 2.35. The smallest absolute Gasteiger partial charge is 0.239 e. The second-order valence-corrected chi connectivity index (χ2v) is 9.65. The number of hydrogen-bond donors (Lipinski definition) is 1. The van der Waals surface area contributed by atoms with Crippen molar-refractivity contribution in [2.45, 2.75) is 75.4 Å². The second-order valence-electron chi connectivity index (χ2n) is 7.39. The Balaban J connectivity index is 0.00000141. The zero-order valence-electron chi connectivity index (χ0n) is 18.3. The average Bonchev–Trinajstić information content (AvgIpc) is 2.72. The van der Waals surface area contributed by atoms with E-state index < -0.39 is 20.5 Å². The first-order valence-corrected chi connectivity index (χ1v) is 12.1. The molecule has 1 fully saturated rings. The third-order valence-electron chi connectivity index (χ3n) is 4.80. The fraction of sp³-hybridized carbons (Fsp3) is 0.636. The van der Waals surface area contributed by atoms with Crippen LogP contribution in [0.1, 0.15) is 65.7 Å². The highest BCUT2D eigenvalue weighted by Gasteiger charge is 2.51. The molecule has 1 aromatic rings. The Bertz CT molecular complexity index is 767. The van der Waals surface area contributed by atoms with E-state index in [9.17, 15) is 18.0 Å². The number of primary amides is 1. The van der Waals surface area contributed by atoms with Gasteiger partial charge in [-0.05, 0) is 49.9 Å². The Morgan fingerprint density at radius 2 is 1.63 bits per heavy atom. The fourth-order valence-corrected chi connectivity index (χ4v) is 5.07. The Kier molecular flexibility index (Phi) is 11.0. The normalized spacial score (nSPS) is 15.6. The van der Waals surface area contributed by atoms with Crippen molar-refractivity contribution in [3.05, 3.63) is 24.3 Å². The van der Waals surface area contributed by atoms with E-state index in [-0.39, 0.29) is 36.7 Å². The number of ether oxygens (including phenoxy) is 2. The summed E-state index contributed by atoms with van der Waals surface area (Å²) in [4.78, 5) is 23.5. The predicted molar refractivity (Wildman–Crippen MR) is 116 cm³/mol. The Labute approximate surface area is 180 Å². The molecule has 0 aliphatic carbocycles. The van der Waals surface area contributed by atoms with Crippen LogP contribution in [-0.4, -0.2) is 44.7 Å². The minimum Gasteiger partial charge on any atom is -0.494 e. The number of carbonyl (C=O) groups is 2. The molecule has 7 nitrogen and oxygen atoms in total. The molecule has 30 heavy (non-hydrogen) atoms. The first-order valence-electron chi connectivity index (χ1n) is 10.6. The molecule has 0 bridgehead atoms. The van der Waals surface area contributed by atoms with Crippen LogP contribution in [0.25, 0.3) is 0 Å². The standard InChI is InChI=1S/C19H27NO6S.C3H8/c1-2-4-15(21)5-3-12-26-16-6-8-17(9-7-16)27(23,24)19(18(20)22)10-13-25-14-11-19;1-3-2/h6-9H,2-5,10-14H2,1H3,(H2,20,22);3H2,1-2H3. The number of ketones is 1. The van der Waals surface area contributed by atoms with Crippen LogP contribution in [0, 0.1) is 0 Å². The minimum atomic E-state index is -3.94. The summed E-state index contributed by atoms with van der Waals surface area (Å²) in [5, 5.41) is 0. The van der Waals surface area contributed by atoms with Crippen LogP contribution in [0.5, 0.6) is 5.75 Å². The summed E-state index contributed by atoms with van der Waals surface area (Å²) in [7, 11) is -3.94. The lowest BCUT2D eigenvalue weighted by Gasteiger charge is -2.33. The number of rotatable bonds is 10. The summed E-state index contributed by atoms with van der Waals surface area (Å²) in [6.07, 6.45) is 3.87. The molecule has 2 rings (SSSR count). The van der Waals surface area contributed by atoms with Crippen molar-refractivity contribution in [1.29, 1.82) is 0 Å². The molecule has 1 heterocycles. The molecule has 1 aromatic carbocycles. The van der Waals surface area contributed by atoms with E-state index in [1.165, 1.54) is 18.6 Å². The van der Waals surface area contributed by atoms with Gasteiger partial charge in [0.05, 0.1) is 11.5 Å². The van der Waals surface area contributed by atoms with Crippen molar-refractivity contribution in [3.63, 3.8) is 0 Å². The summed E-state index contributed by atoms with van der Waals surface area (Å²) >= 11 is 0. The summed E-state index contributed by atoms with van der Waals surface area (Å²) < 4.78 is 35.2. The van der Waals surface area contributed by atoms with Crippen LogP contribution in [0.4, 0.5) is 0 Å². The molecule has 0 atom stereocenters. The summed E-state index contributed by atoms with van der Waals surface area (Å²) in [5.74, 6) is -0.115. The van der Waals surface area contributed by atoms with Gasteiger partial charge in [0.15, 0.2) is 14.6 Å². The van der Waals surface area contributed by atoms with E-state index in [0.717, 1.165) is 6.42 Å². The van der Waals surface area contributed by atoms with Gasteiger partial charge in [-0.2, -0.15) is 0 Å². The number of sulfone groups is 1. The van der Waals surface area contributed by atoms with Gasteiger partial charge >= 0.3 is 0 Å². The lowest BCUT2D eigenvalue weighted by Crippen LogP contribution is -2.53. The molecule has 0 aromatic heterocycles. The van der Waals surface area contributed by atoms with E-state index in [1.54, 1.807) is 12.1 Å². The number of nitrogens with two attached hydrogens (primary N) is 1. The molecule has 8 heteroatoms. The highest BCUT2D eigenvalue weighted by molar-refractivity contribution is 7.93. The van der Waals surface area contributed by atoms with Crippen molar-refractivity contribution < 1.29 is 27.5 Å². The molecular formula is C22H35NO6S. The third-order valence-corrected chi connectivity index (χ3v) is 7.33. The van der Waals surface area contributed by atoms with E-state index in [2.05, 4.69) is 13.8 Å². The van der Waals surface area contributed by atoms with Gasteiger partial charge in [0.25, 0.3) is 0 Å². The molecule has 0 spiro atoms. The van der Waals surface area contributed by atoms with Crippen molar-refractivity contribution in [2.24, 2.45) is 5.73 Å². The topological polar surface area (TPSA) is 113 Å². The summed E-state index contributed by atoms with van der Waals surface area (Å²) in [5.41, 5.74) is 5.46. The Morgan fingerprint density at radius 1 is 1.07 bits per heavy atom. The molecule has 170 valence electrons. The largest absolute Gasteiger partial charge is 0.494 e. The van der Waals surface area contributed by atoms with Crippen molar-refractivity contribution >= 4 is 21.5 Å². The zero-order valence-corrected chi connectivity index (χ0v) is 19.1. The number of benzene rings is 1. The van der Waals surface area contributed by atoms with Crippen LogP contribution in [0.15, 0.2) is 29.2 Å². The molecule has 0 unspecified atom stereocenters. The van der Waals surface area contributed by atoms with Gasteiger partial charge in [0.1, 0.15) is 11.5 Å². The Hall–Kier alpha value is -1.93. The number of Topliss-reactive ketones (excluding diaryl/α,β-unsaturated/α-hetero) is 1. The van der Waals surface area contributed by atoms with E-state index in [1.807, 2.05) is 6.92 Å². The van der Waals surface area contributed by atoms with Crippen molar-refractivity contribution in [2.75, 3.05) is 19.8 Å². The van der Waals surface area contributed by atoms with Gasteiger partial charge in [0.2, 0.25) is 5.91 Å². The van der Waals surface area contributed by atoms with Gasteiger partial charge in [-0.3, -0.25) is 9.59 Å². The van der Waals surface area contributed by atoms with Gasteiger partial charge in [-0.15, -0.1) is 0 Å². The van der Waals surface area contributed by atoms with Crippen molar-refractivity contribution in [1.82, 2.24) is 0 Å². The molecule has 1 saturated heterocycles. The number of hydrogen-bond acceptors (Lipinski definition) is 6. The van der Waals surface area contributed by atoms with E-state index in [0.29, 0.717) is 31.6 Å². The van der Waals surface area contributed by atoms with Crippen LogP contribution < -0.4 is 10.5 Å². The van der Waals surface area contributed by atoms with Crippen LogP contribution in [-0.2, 0) is 24.2 Å². The van der Waals surface area contributed by atoms with Gasteiger partial charge in [0, 0.05) is 26.1 Å². The van der Waals surface area contributed by atoms with Crippen LogP contribution >= 0.6 is 0 Å². The highest BCUT2D eigenvalue weighted by atomic mass is 32.2. The molecular weight excluding hydrogens is 406 g/mol. The Morgan fingerprint density at radius 3 is 2.13 bits per heavy atom. The zero-order chi connectivity index (χ0) is 22.6. The van der Waals surface area contributed by atoms with Gasteiger partial charge in [-0.25, -0.2) is 8.42 Å². The molecule has 1 aliphatic rings. The third kappa shape index (κ3) is 6.80. The fourth-order valence-electron chi connectivity index (χ4n) is 3.15. The van der Waals surface area contributed by atoms with Crippen LogP contribution in [0.2, 0.25) is 0 Å². The quantitative estimate of drug-likeness (QED) is 0.557. The lowest BCUT2D eigenvalue weighted by molar-refractivity contribution is -0.123. The first kappa shape index (κ1) is 26.1. The molecule has 0 saturated carbocycles. The monoisotopic (exact) mass is 441 g/mol.